The molecule has 2 aliphatic rings. The fourth-order valence-corrected chi connectivity index (χ4v) is 2.27. The van der Waals surface area contributed by atoms with Crippen LogP contribution in [0, 0.1) is 11.8 Å². The van der Waals surface area contributed by atoms with Crippen molar-refractivity contribution in [3.63, 3.8) is 0 Å². The Morgan fingerprint density at radius 2 is 2.07 bits per heavy atom. The highest BCUT2D eigenvalue weighted by Crippen LogP contribution is 2.41. The van der Waals surface area contributed by atoms with Gasteiger partial charge in [0.05, 0.1) is 24.5 Å². The van der Waals surface area contributed by atoms with Gasteiger partial charge in [-0.25, -0.2) is 0 Å². The molecule has 3 unspecified atom stereocenters. The minimum atomic E-state index is -0.881. The molecule has 5 nitrogen and oxygen atoms in total. The summed E-state index contributed by atoms with van der Waals surface area (Å²) in [7, 11) is 0. The lowest BCUT2D eigenvalue weighted by Gasteiger charge is -2.22. The Morgan fingerprint density at radius 3 is 2.60 bits per heavy atom. The Hall–Kier alpha value is -1.10. The molecule has 1 amide bonds. The van der Waals surface area contributed by atoms with Crippen LogP contribution < -0.4 is 0 Å². The number of rotatable bonds is 3. The van der Waals surface area contributed by atoms with E-state index < -0.39 is 11.9 Å². The maximum absolute atomic E-state index is 11.8. The maximum atomic E-state index is 11.8. The lowest BCUT2D eigenvalue weighted by Crippen LogP contribution is -2.39. The number of likely N-dealkylation sites (tertiary alicyclic amines) is 1. The second-order valence-electron chi connectivity index (χ2n) is 4.30. The van der Waals surface area contributed by atoms with Crippen LogP contribution in [-0.4, -0.2) is 46.2 Å². The zero-order chi connectivity index (χ0) is 11.0. The zero-order valence-corrected chi connectivity index (χ0v) is 8.43. The number of nitrogens with zero attached hydrogens (tertiary/aromatic N) is 1. The van der Waals surface area contributed by atoms with E-state index in [4.69, 9.17) is 10.2 Å². The third kappa shape index (κ3) is 1.84. The van der Waals surface area contributed by atoms with Crippen LogP contribution in [0.5, 0.6) is 0 Å². The Balaban J connectivity index is 1.94. The molecule has 5 heteroatoms. The molecule has 1 heterocycles. The Kier molecular flexibility index (Phi) is 2.65. The van der Waals surface area contributed by atoms with Crippen LogP contribution >= 0.6 is 0 Å². The van der Waals surface area contributed by atoms with Crippen LogP contribution in [-0.2, 0) is 9.59 Å². The standard InChI is InChI=1S/C10H15NO4/c12-5-6-2-1-3-11(6)9(13)7-4-8(7)10(14)15/h6-8,12H,1-5H2,(H,14,15). The minimum absolute atomic E-state index is 0.0177. The molecule has 3 atom stereocenters. The summed E-state index contributed by atoms with van der Waals surface area (Å²) in [6.45, 7) is 0.642. The van der Waals surface area contributed by atoms with Crippen LogP contribution in [0.3, 0.4) is 0 Å². The second-order valence-corrected chi connectivity index (χ2v) is 4.30. The third-order valence-electron chi connectivity index (χ3n) is 3.30. The van der Waals surface area contributed by atoms with E-state index in [2.05, 4.69) is 0 Å². The summed E-state index contributed by atoms with van der Waals surface area (Å²) in [6.07, 6.45) is 2.19. The summed E-state index contributed by atoms with van der Waals surface area (Å²) in [5, 5.41) is 17.8. The van der Waals surface area contributed by atoms with Gasteiger partial charge in [-0.1, -0.05) is 0 Å². The molecule has 2 fully saturated rings. The summed E-state index contributed by atoms with van der Waals surface area (Å²) in [5.74, 6) is -1.79. The minimum Gasteiger partial charge on any atom is -0.481 e. The summed E-state index contributed by atoms with van der Waals surface area (Å²) in [5.41, 5.74) is 0. The number of carboxylic acid groups (broad SMARTS) is 1. The fraction of sp³-hybridized carbons (Fsp3) is 0.800. The molecule has 2 rings (SSSR count). The van der Waals surface area contributed by atoms with E-state index in [9.17, 15) is 9.59 Å². The summed E-state index contributed by atoms with van der Waals surface area (Å²) in [4.78, 5) is 24.1. The predicted molar refractivity (Wildman–Crippen MR) is 51.1 cm³/mol. The molecule has 84 valence electrons. The van der Waals surface area contributed by atoms with E-state index in [0.717, 1.165) is 12.8 Å². The molecule has 2 N–H and O–H groups in total. The van der Waals surface area contributed by atoms with E-state index in [-0.39, 0.29) is 24.5 Å². The highest BCUT2D eigenvalue weighted by molar-refractivity contribution is 5.89. The number of carbonyl (C=O) groups is 2. The van der Waals surface area contributed by atoms with Gasteiger partial charge in [0.1, 0.15) is 0 Å². The molecule has 1 saturated carbocycles. The molecule has 0 aromatic heterocycles. The van der Waals surface area contributed by atoms with E-state index >= 15 is 0 Å². The van der Waals surface area contributed by atoms with Crippen LogP contribution in [0.25, 0.3) is 0 Å². The van der Waals surface area contributed by atoms with Crippen molar-refractivity contribution in [2.75, 3.05) is 13.2 Å². The molecule has 0 bridgehead atoms. The first-order chi connectivity index (χ1) is 7.15. The average molecular weight is 213 g/mol. The van der Waals surface area contributed by atoms with Gasteiger partial charge in [0.25, 0.3) is 0 Å². The summed E-state index contributed by atoms with van der Waals surface area (Å²) < 4.78 is 0. The molecule has 1 aliphatic heterocycles. The molecule has 1 aliphatic carbocycles. The van der Waals surface area contributed by atoms with Gasteiger partial charge in [0.15, 0.2) is 0 Å². The average Bonchev–Trinajstić information content (AvgIpc) is 2.88. The van der Waals surface area contributed by atoms with Crippen LogP contribution in [0.1, 0.15) is 19.3 Å². The first-order valence-corrected chi connectivity index (χ1v) is 5.29. The topological polar surface area (TPSA) is 77.8 Å². The molecule has 0 aromatic rings. The van der Waals surface area contributed by atoms with Gasteiger partial charge in [-0.3, -0.25) is 9.59 Å². The molecule has 1 saturated heterocycles. The number of carbonyl (C=O) groups excluding carboxylic acids is 1. The van der Waals surface area contributed by atoms with E-state index in [0.29, 0.717) is 13.0 Å². The number of amides is 1. The highest BCUT2D eigenvalue weighted by Gasteiger charge is 2.51. The van der Waals surface area contributed by atoms with E-state index in [1.807, 2.05) is 0 Å². The van der Waals surface area contributed by atoms with Crippen molar-refractivity contribution in [1.29, 1.82) is 0 Å². The lowest BCUT2D eigenvalue weighted by molar-refractivity contribution is -0.142. The summed E-state index contributed by atoms with van der Waals surface area (Å²) in [6, 6.07) is -0.0902. The van der Waals surface area contributed by atoms with Crippen molar-refractivity contribution in [3.05, 3.63) is 0 Å². The number of aliphatic hydroxyl groups excluding tert-OH is 1. The van der Waals surface area contributed by atoms with Gasteiger partial charge < -0.3 is 15.1 Å². The van der Waals surface area contributed by atoms with Crippen molar-refractivity contribution >= 4 is 11.9 Å². The van der Waals surface area contributed by atoms with Crippen molar-refractivity contribution in [1.82, 2.24) is 4.90 Å². The fourth-order valence-electron chi connectivity index (χ4n) is 2.27. The Bertz CT molecular complexity index is 291. The van der Waals surface area contributed by atoms with Gasteiger partial charge in [-0.15, -0.1) is 0 Å². The number of carboxylic acids is 1. The largest absolute Gasteiger partial charge is 0.481 e. The van der Waals surface area contributed by atoms with Crippen LogP contribution in [0.2, 0.25) is 0 Å². The Morgan fingerprint density at radius 1 is 1.33 bits per heavy atom. The number of hydrogen-bond acceptors (Lipinski definition) is 3. The molecule has 0 radical (unpaired) electrons. The van der Waals surface area contributed by atoms with Crippen molar-refractivity contribution < 1.29 is 19.8 Å². The second kappa shape index (κ2) is 3.81. The molecular weight excluding hydrogens is 198 g/mol. The first-order valence-electron chi connectivity index (χ1n) is 5.29. The molecule has 0 spiro atoms. The molecule has 15 heavy (non-hydrogen) atoms. The smallest absolute Gasteiger partial charge is 0.307 e. The van der Waals surface area contributed by atoms with Gasteiger partial charge >= 0.3 is 5.97 Å². The number of aliphatic hydroxyl groups is 1. The quantitative estimate of drug-likeness (QED) is 0.674. The zero-order valence-electron chi connectivity index (χ0n) is 8.43. The lowest BCUT2D eigenvalue weighted by atomic mass is 10.2. The molecular formula is C10H15NO4. The van der Waals surface area contributed by atoms with Crippen molar-refractivity contribution in [2.45, 2.75) is 25.3 Å². The van der Waals surface area contributed by atoms with Gasteiger partial charge in [-0.05, 0) is 19.3 Å². The van der Waals surface area contributed by atoms with E-state index in [1.165, 1.54) is 0 Å². The number of hydrogen-bond donors (Lipinski definition) is 2. The highest BCUT2D eigenvalue weighted by atomic mass is 16.4. The summed E-state index contributed by atoms with van der Waals surface area (Å²) >= 11 is 0. The predicted octanol–water partition coefficient (Wildman–Crippen LogP) is -0.310. The normalized spacial score (nSPS) is 34.2. The van der Waals surface area contributed by atoms with Crippen molar-refractivity contribution in [3.8, 4) is 0 Å². The number of aliphatic carboxylic acids is 1. The van der Waals surface area contributed by atoms with Crippen LogP contribution in [0.4, 0.5) is 0 Å². The molecule has 0 aromatic carbocycles. The van der Waals surface area contributed by atoms with Crippen molar-refractivity contribution in [2.24, 2.45) is 11.8 Å². The van der Waals surface area contributed by atoms with Gasteiger partial charge in [0, 0.05) is 6.54 Å². The Labute approximate surface area is 87.7 Å². The van der Waals surface area contributed by atoms with Gasteiger partial charge in [0.2, 0.25) is 5.91 Å². The van der Waals surface area contributed by atoms with Gasteiger partial charge in [-0.2, -0.15) is 0 Å². The SMILES string of the molecule is O=C(O)C1CC1C(=O)N1CCCC1CO. The first kappa shape index (κ1) is 10.4. The van der Waals surface area contributed by atoms with E-state index in [1.54, 1.807) is 4.90 Å². The maximum Gasteiger partial charge on any atom is 0.307 e. The monoisotopic (exact) mass is 213 g/mol. The van der Waals surface area contributed by atoms with Crippen LogP contribution in [0.15, 0.2) is 0 Å². The third-order valence-corrected chi connectivity index (χ3v) is 3.30.